The first kappa shape index (κ1) is 30.0. The van der Waals surface area contributed by atoms with E-state index >= 15 is 0 Å². The molecule has 0 spiro atoms. The van der Waals surface area contributed by atoms with Crippen LogP contribution in [-0.4, -0.2) is 16.2 Å². The van der Waals surface area contributed by atoms with E-state index in [4.69, 9.17) is 10.2 Å². The number of alkyl halides is 6. The summed E-state index contributed by atoms with van der Waals surface area (Å²) in [6, 6.07) is 6.15. The highest BCUT2D eigenvalue weighted by atomic mass is 19.4. The highest BCUT2D eigenvalue weighted by molar-refractivity contribution is 5.88. The Morgan fingerprint density at radius 1 is 0.789 bits per heavy atom. The van der Waals surface area contributed by atoms with E-state index in [0.717, 1.165) is 76.3 Å². The molecule has 0 saturated heterocycles. The number of halogens is 6. The normalized spacial score (nSPS) is 17.6. The van der Waals surface area contributed by atoms with Crippen molar-refractivity contribution in [2.75, 3.05) is 0 Å². The van der Waals surface area contributed by atoms with Crippen LogP contribution in [0.4, 0.5) is 26.3 Å². The number of hydrogen-bond acceptors (Lipinski definition) is 2. The van der Waals surface area contributed by atoms with Gasteiger partial charge in [-0.2, -0.15) is 26.3 Å². The van der Waals surface area contributed by atoms with Gasteiger partial charge in [-0.3, -0.25) is 0 Å². The lowest BCUT2D eigenvalue weighted by Crippen LogP contribution is -2.16. The number of carboxylic acid groups (broad SMARTS) is 1. The standard InChI is InChI=1S/C15H19F3O.C14H15F3O2/c1-10-7-11(9-19)8-13(15(16,17)18)14(10)12-5-3-2-4-6-12;15-14(16,17)12-8-10(13(18)19)6-7-11(12)9-4-2-1-3-5-9/h7-8,12,19H,2-6,9H2,1H3;6-9H,1-5H2,(H,18,19). The molecule has 3 nitrogen and oxygen atoms in total. The van der Waals surface area contributed by atoms with E-state index in [1.807, 2.05) is 0 Å². The predicted molar refractivity (Wildman–Crippen MR) is 132 cm³/mol. The molecule has 2 aliphatic carbocycles. The Labute approximate surface area is 218 Å². The van der Waals surface area contributed by atoms with Crippen LogP contribution in [0.5, 0.6) is 0 Å². The van der Waals surface area contributed by atoms with E-state index in [1.165, 1.54) is 12.1 Å². The topological polar surface area (TPSA) is 57.5 Å². The van der Waals surface area contributed by atoms with Crippen LogP contribution < -0.4 is 0 Å². The quantitative estimate of drug-likeness (QED) is 0.378. The number of aliphatic hydroxyl groups is 1. The Morgan fingerprint density at radius 3 is 1.79 bits per heavy atom. The Balaban J connectivity index is 0.000000211. The third-order valence-corrected chi connectivity index (χ3v) is 7.60. The highest BCUT2D eigenvalue weighted by Crippen LogP contribution is 2.43. The summed E-state index contributed by atoms with van der Waals surface area (Å²) in [5.41, 5.74) is 0.0337. The lowest BCUT2D eigenvalue weighted by atomic mass is 9.79. The minimum Gasteiger partial charge on any atom is -0.478 e. The predicted octanol–water partition coefficient (Wildman–Crippen LogP) is 9.01. The first-order valence-corrected chi connectivity index (χ1v) is 13.1. The van der Waals surface area contributed by atoms with Gasteiger partial charge in [0, 0.05) is 0 Å². The number of carbonyl (C=O) groups is 1. The van der Waals surface area contributed by atoms with Gasteiger partial charge in [-0.05, 0) is 84.9 Å². The first-order chi connectivity index (χ1) is 17.8. The molecule has 2 N–H and O–H groups in total. The largest absolute Gasteiger partial charge is 0.478 e. The van der Waals surface area contributed by atoms with E-state index in [-0.39, 0.29) is 29.6 Å². The number of aromatic carboxylic acids is 1. The number of aryl methyl sites for hydroxylation is 1. The molecule has 38 heavy (non-hydrogen) atoms. The van der Waals surface area contributed by atoms with Crippen LogP contribution in [0.1, 0.15) is 120 Å². The summed E-state index contributed by atoms with van der Waals surface area (Å²) in [5.74, 6) is -1.42. The summed E-state index contributed by atoms with van der Waals surface area (Å²) in [7, 11) is 0. The molecule has 0 aromatic heterocycles. The van der Waals surface area contributed by atoms with Gasteiger partial charge in [0.1, 0.15) is 0 Å². The molecule has 2 aromatic carbocycles. The van der Waals surface area contributed by atoms with E-state index in [9.17, 15) is 31.1 Å². The summed E-state index contributed by atoms with van der Waals surface area (Å²) in [6.07, 6.45) is 0.366. The molecule has 4 rings (SSSR count). The molecule has 0 heterocycles. The van der Waals surface area contributed by atoms with Crippen molar-refractivity contribution in [3.63, 3.8) is 0 Å². The summed E-state index contributed by atoms with van der Waals surface area (Å²) in [4.78, 5) is 10.8. The minimum atomic E-state index is -4.50. The van der Waals surface area contributed by atoms with Gasteiger partial charge in [-0.25, -0.2) is 4.79 Å². The summed E-state index contributed by atoms with van der Waals surface area (Å²) >= 11 is 0. The highest BCUT2D eigenvalue weighted by Gasteiger charge is 2.37. The SMILES string of the molecule is Cc1cc(CO)cc(C(F)(F)F)c1C1CCCCC1.O=C(O)c1ccc(C2CCCCC2)c(C(F)(F)F)c1. The molecule has 0 amide bonds. The van der Waals surface area contributed by atoms with Gasteiger partial charge in [0.2, 0.25) is 0 Å². The van der Waals surface area contributed by atoms with Crippen molar-refractivity contribution in [2.24, 2.45) is 0 Å². The van der Waals surface area contributed by atoms with Crippen molar-refractivity contribution in [2.45, 2.75) is 102 Å². The van der Waals surface area contributed by atoms with Crippen LogP contribution >= 0.6 is 0 Å². The molecular weight excluding hydrogens is 510 g/mol. The number of carboxylic acids is 1. The molecule has 2 aliphatic rings. The van der Waals surface area contributed by atoms with E-state index in [1.54, 1.807) is 13.0 Å². The van der Waals surface area contributed by atoms with Crippen LogP contribution in [0.3, 0.4) is 0 Å². The molecule has 0 bridgehead atoms. The Kier molecular flexibility index (Phi) is 9.90. The van der Waals surface area contributed by atoms with Gasteiger partial charge in [-0.1, -0.05) is 50.7 Å². The van der Waals surface area contributed by atoms with E-state index < -0.39 is 29.4 Å². The maximum absolute atomic E-state index is 13.2. The fraction of sp³-hybridized carbons (Fsp3) is 0.552. The fourth-order valence-corrected chi connectivity index (χ4v) is 5.84. The zero-order valence-corrected chi connectivity index (χ0v) is 21.4. The Hall–Kier alpha value is -2.55. The van der Waals surface area contributed by atoms with E-state index in [0.29, 0.717) is 16.7 Å². The number of rotatable bonds is 4. The molecule has 2 fully saturated rings. The van der Waals surface area contributed by atoms with Gasteiger partial charge < -0.3 is 10.2 Å². The van der Waals surface area contributed by atoms with Crippen molar-refractivity contribution >= 4 is 5.97 Å². The Morgan fingerprint density at radius 2 is 1.32 bits per heavy atom. The molecule has 0 unspecified atom stereocenters. The summed E-state index contributed by atoms with van der Waals surface area (Å²) in [6.45, 7) is 1.37. The second-order valence-corrected chi connectivity index (χ2v) is 10.3. The lowest BCUT2D eigenvalue weighted by molar-refractivity contribution is -0.139. The number of aliphatic hydroxyl groups excluding tert-OH is 1. The average molecular weight is 545 g/mol. The molecule has 0 aliphatic heterocycles. The molecule has 2 aromatic rings. The van der Waals surface area contributed by atoms with Crippen LogP contribution in [0, 0.1) is 6.92 Å². The van der Waals surface area contributed by atoms with E-state index in [2.05, 4.69) is 0 Å². The van der Waals surface area contributed by atoms with Gasteiger partial charge in [0.25, 0.3) is 0 Å². The van der Waals surface area contributed by atoms with Crippen molar-refractivity contribution in [1.29, 1.82) is 0 Å². The lowest BCUT2D eigenvalue weighted by Gasteiger charge is -2.27. The third kappa shape index (κ3) is 7.52. The average Bonchev–Trinajstić information content (AvgIpc) is 2.88. The second kappa shape index (κ2) is 12.5. The zero-order chi connectivity index (χ0) is 28.1. The maximum atomic E-state index is 13.2. The van der Waals surface area contributed by atoms with Crippen molar-refractivity contribution < 1.29 is 41.4 Å². The third-order valence-electron chi connectivity index (χ3n) is 7.60. The van der Waals surface area contributed by atoms with Gasteiger partial charge >= 0.3 is 18.3 Å². The smallest absolute Gasteiger partial charge is 0.416 e. The van der Waals surface area contributed by atoms with Crippen LogP contribution in [0.2, 0.25) is 0 Å². The van der Waals surface area contributed by atoms with Crippen molar-refractivity contribution in [3.05, 3.63) is 69.3 Å². The van der Waals surface area contributed by atoms with Crippen LogP contribution in [-0.2, 0) is 19.0 Å². The fourth-order valence-electron chi connectivity index (χ4n) is 5.84. The summed E-state index contributed by atoms with van der Waals surface area (Å²) in [5, 5.41) is 17.9. The number of benzene rings is 2. The Bertz CT molecular complexity index is 1090. The first-order valence-electron chi connectivity index (χ1n) is 13.1. The molecule has 210 valence electrons. The molecule has 0 radical (unpaired) electrons. The second-order valence-electron chi connectivity index (χ2n) is 10.3. The maximum Gasteiger partial charge on any atom is 0.416 e. The van der Waals surface area contributed by atoms with Crippen LogP contribution in [0.15, 0.2) is 30.3 Å². The van der Waals surface area contributed by atoms with Crippen molar-refractivity contribution in [1.82, 2.24) is 0 Å². The minimum absolute atomic E-state index is 0.0121. The molecule has 9 heteroatoms. The van der Waals surface area contributed by atoms with Crippen LogP contribution in [0.25, 0.3) is 0 Å². The number of hydrogen-bond donors (Lipinski definition) is 2. The van der Waals surface area contributed by atoms with Crippen molar-refractivity contribution in [3.8, 4) is 0 Å². The zero-order valence-electron chi connectivity index (χ0n) is 21.4. The van der Waals surface area contributed by atoms with Gasteiger partial charge in [-0.15, -0.1) is 0 Å². The summed E-state index contributed by atoms with van der Waals surface area (Å²) < 4.78 is 78.8. The molecule has 2 saturated carbocycles. The van der Waals surface area contributed by atoms with Gasteiger partial charge in [0.05, 0.1) is 23.3 Å². The molecular formula is C29H34F6O3. The molecule has 0 atom stereocenters. The van der Waals surface area contributed by atoms with Gasteiger partial charge in [0.15, 0.2) is 0 Å². The monoisotopic (exact) mass is 544 g/mol.